The highest BCUT2D eigenvalue weighted by Gasteiger charge is 2.28. The van der Waals surface area contributed by atoms with Crippen LogP contribution >= 0.6 is 0 Å². The van der Waals surface area contributed by atoms with Crippen molar-refractivity contribution in [2.45, 2.75) is 78.1 Å². The van der Waals surface area contributed by atoms with Gasteiger partial charge in [-0.2, -0.15) is 10.1 Å². The molecular formula is C32H40FN7O2. The molecule has 2 aromatic carbocycles. The number of carboxylic acid groups (broad SMARTS) is 1. The summed E-state index contributed by atoms with van der Waals surface area (Å²) in [5.74, 6) is 0.0333. The second-order valence-electron chi connectivity index (χ2n) is 11.8. The molecule has 42 heavy (non-hydrogen) atoms. The minimum atomic E-state index is -0.672. The number of aromatic nitrogens is 4. The van der Waals surface area contributed by atoms with Crippen molar-refractivity contribution in [2.24, 2.45) is 18.9 Å². The van der Waals surface area contributed by atoms with E-state index in [1.165, 1.54) is 40.0 Å². The fourth-order valence-electron chi connectivity index (χ4n) is 6.57. The summed E-state index contributed by atoms with van der Waals surface area (Å²) in [5, 5.41) is 31.9. The summed E-state index contributed by atoms with van der Waals surface area (Å²) in [5.41, 5.74) is 6.88. The SMILES string of the molecule is CCN(CC1CCC(C(=O)O)CC1)c1cc2c(cc1CN(Cc1cc(C#N)cc(CF)c1)c1nnn(C)n1)CCCC2. The Kier molecular flexibility index (Phi) is 9.35. The third kappa shape index (κ3) is 6.89. The van der Waals surface area contributed by atoms with Crippen molar-refractivity contribution < 1.29 is 14.3 Å². The first-order valence-corrected chi connectivity index (χ1v) is 15.1. The number of alkyl halides is 1. The smallest absolute Gasteiger partial charge is 0.306 e. The third-order valence-electron chi connectivity index (χ3n) is 8.79. The van der Waals surface area contributed by atoms with E-state index in [1.54, 1.807) is 25.2 Å². The molecule has 0 amide bonds. The number of carboxylic acids is 1. The van der Waals surface area contributed by atoms with Crippen LogP contribution < -0.4 is 9.80 Å². The number of tetrazole rings is 1. The van der Waals surface area contributed by atoms with Crippen LogP contribution in [-0.2, 0) is 44.4 Å². The number of nitriles is 1. The summed E-state index contributed by atoms with van der Waals surface area (Å²) in [6, 6.07) is 12.0. The predicted molar refractivity (Wildman–Crippen MR) is 159 cm³/mol. The van der Waals surface area contributed by atoms with Gasteiger partial charge in [0.15, 0.2) is 0 Å². The lowest BCUT2D eigenvalue weighted by Crippen LogP contribution is -2.34. The average Bonchev–Trinajstić information content (AvgIpc) is 3.45. The second-order valence-corrected chi connectivity index (χ2v) is 11.8. The molecular weight excluding hydrogens is 533 g/mol. The molecule has 0 spiro atoms. The van der Waals surface area contributed by atoms with E-state index in [1.807, 2.05) is 4.90 Å². The van der Waals surface area contributed by atoms with Crippen LogP contribution in [-0.4, -0.2) is 44.4 Å². The maximum atomic E-state index is 13.6. The number of nitrogens with zero attached hydrogens (tertiary/aromatic N) is 7. The Hall–Kier alpha value is -4.00. The maximum Gasteiger partial charge on any atom is 0.306 e. The van der Waals surface area contributed by atoms with Crippen LogP contribution in [0.5, 0.6) is 0 Å². The van der Waals surface area contributed by atoms with Gasteiger partial charge >= 0.3 is 5.97 Å². The number of aliphatic carboxylic acids is 1. The normalized spacial score (nSPS) is 18.2. The van der Waals surface area contributed by atoms with Crippen LogP contribution in [0.15, 0.2) is 30.3 Å². The Balaban J connectivity index is 1.47. The minimum absolute atomic E-state index is 0.221. The molecule has 9 nitrogen and oxygen atoms in total. The number of benzene rings is 2. The zero-order chi connectivity index (χ0) is 29.6. The zero-order valence-electron chi connectivity index (χ0n) is 24.6. The Labute approximate surface area is 246 Å². The van der Waals surface area contributed by atoms with Gasteiger partial charge in [-0.25, -0.2) is 4.39 Å². The molecule has 5 rings (SSSR count). The summed E-state index contributed by atoms with van der Waals surface area (Å²) in [4.78, 5) is 17.4. The van der Waals surface area contributed by atoms with Gasteiger partial charge in [0.1, 0.15) is 6.67 Å². The van der Waals surface area contributed by atoms with Crippen LogP contribution in [0.4, 0.5) is 16.0 Å². The lowest BCUT2D eigenvalue weighted by atomic mass is 9.81. The Morgan fingerprint density at radius 3 is 2.38 bits per heavy atom. The lowest BCUT2D eigenvalue weighted by molar-refractivity contribution is -0.143. The molecule has 0 radical (unpaired) electrons. The molecule has 0 unspecified atom stereocenters. The minimum Gasteiger partial charge on any atom is -0.481 e. The summed E-state index contributed by atoms with van der Waals surface area (Å²) in [7, 11) is 1.73. The highest BCUT2D eigenvalue weighted by Crippen LogP contribution is 2.35. The van der Waals surface area contributed by atoms with Crippen molar-refractivity contribution in [2.75, 3.05) is 22.9 Å². The molecule has 10 heteroatoms. The number of anilines is 2. The molecule has 0 atom stereocenters. The van der Waals surface area contributed by atoms with E-state index in [0.717, 1.165) is 57.2 Å². The molecule has 0 aliphatic heterocycles. The first-order valence-electron chi connectivity index (χ1n) is 15.1. The summed E-state index contributed by atoms with van der Waals surface area (Å²) < 4.78 is 13.6. The number of rotatable bonds is 11. The number of carbonyl (C=O) groups is 1. The van der Waals surface area contributed by atoms with Gasteiger partial charge < -0.3 is 14.9 Å². The van der Waals surface area contributed by atoms with Crippen LogP contribution in [0.25, 0.3) is 0 Å². The number of fused-ring (bicyclic) bond motifs is 1. The molecule has 2 aliphatic carbocycles. The van der Waals surface area contributed by atoms with Gasteiger partial charge in [0.25, 0.3) is 5.95 Å². The van der Waals surface area contributed by atoms with Crippen LogP contribution in [0.3, 0.4) is 0 Å². The van der Waals surface area contributed by atoms with Gasteiger partial charge in [-0.3, -0.25) is 4.79 Å². The van der Waals surface area contributed by atoms with Crippen molar-refractivity contribution in [3.63, 3.8) is 0 Å². The monoisotopic (exact) mass is 573 g/mol. The predicted octanol–water partition coefficient (Wildman–Crippen LogP) is 5.35. The van der Waals surface area contributed by atoms with Gasteiger partial charge in [-0.15, -0.1) is 5.10 Å². The molecule has 3 aromatic rings. The number of halogens is 1. The summed E-state index contributed by atoms with van der Waals surface area (Å²) in [6.07, 6.45) is 7.84. The highest BCUT2D eigenvalue weighted by atomic mass is 19.1. The van der Waals surface area contributed by atoms with Crippen molar-refractivity contribution in [1.82, 2.24) is 20.2 Å². The molecule has 1 aromatic heterocycles. The molecule has 222 valence electrons. The van der Waals surface area contributed by atoms with Crippen molar-refractivity contribution >= 4 is 17.6 Å². The number of hydrogen-bond donors (Lipinski definition) is 1. The van der Waals surface area contributed by atoms with E-state index < -0.39 is 12.6 Å². The molecule has 0 saturated heterocycles. The number of aryl methyl sites for hydroxylation is 3. The van der Waals surface area contributed by atoms with Gasteiger partial charge in [0.2, 0.25) is 0 Å². The van der Waals surface area contributed by atoms with E-state index in [4.69, 9.17) is 0 Å². The second kappa shape index (κ2) is 13.3. The van der Waals surface area contributed by atoms with Gasteiger partial charge in [-0.05, 0) is 115 Å². The molecule has 1 heterocycles. The summed E-state index contributed by atoms with van der Waals surface area (Å²) >= 11 is 0. The van der Waals surface area contributed by atoms with E-state index in [2.05, 4.69) is 45.4 Å². The lowest BCUT2D eigenvalue weighted by Gasteiger charge is -2.35. The highest BCUT2D eigenvalue weighted by molar-refractivity contribution is 5.70. The molecule has 1 fully saturated rings. The molecule has 1 N–H and O–H groups in total. The standard InChI is InChI=1S/C32H40FN7O2/c1-3-39(19-22-8-10-26(11-9-22)31(41)42)30-16-28-7-5-4-6-27(28)15-29(30)21-40(32-35-37-38(2)36-32)20-25-13-23(17-33)12-24(14-25)18-34/h12-16,22,26H,3-11,17,19-21H2,1-2H3,(H,41,42). The van der Waals surface area contributed by atoms with Crippen molar-refractivity contribution in [3.05, 3.63) is 63.7 Å². The van der Waals surface area contributed by atoms with Crippen molar-refractivity contribution in [1.29, 1.82) is 5.26 Å². The van der Waals surface area contributed by atoms with E-state index in [-0.39, 0.29) is 5.92 Å². The first-order chi connectivity index (χ1) is 20.4. The first kappa shape index (κ1) is 29.5. The fourth-order valence-corrected chi connectivity index (χ4v) is 6.57. The van der Waals surface area contributed by atoms with E-state index in [9.17, 15) is 19.6 Å². The van der Waals surface area contributed by atoms with Crippen LogP contribution in [0.2, 0.25) is 0 Å². The fraction of sp³-hybridized carbons (Fsp3) is 0.531. The Morgan fingerprint density at radius 2 is 1.76 bits per heavy atom. The van der Waals surface area contributed by atoms with Crippen LogP contribution in [0.1, 0.15) is 78.8 Å². The van der Waals surface area contributed by atoms with E-state index in [0.29, 0.717) is 36.1 Å². The summed E-state index contributed by atoms with van der Waals surface area (Å²) in [6.45, 7) is 4.20. The van der Waals surface area contributed by atoms with Gasteiger partial charge in [0.05, 0.1) is 24.6 Å². The zero-order valence-corrected chi connectivity index (χ0v) is 24.6. The van der Waals surface area contributed by atoms with E-state index >= 15 is 0 Å². The largest absolute Gasteiger partial charge is 0.481 e. The maximum absolute atomic E-state index is 13.6. The topological polar surface area (TPSA) is 111 Å². The quantitative estimate of drug-likeness (QED) is 0.327. The average molecular weight is 574 g/mol. The molecule has 0 bridgehead atoms. The van der Waals surface area contributed by atoms with Crippen LogP contribution in [0, 0.1) is 23.2 Å². The molecule has 2 aliphatic rings. The van der Waals surface area contributed by atoms with Gasteiger partial charge in [-0.1, -0.05) is 17.2 Å². The molecule has 1 saturated carbocycles. The van der Waals surface area contributed by atoms with Gasteiger partial charge in [0, 0.05) is 31.9 Å². The third-order valence-corrected chi connectivity index (χ3v) is 8.79. The Bertz CT molecular complexity index is 1440. The Morgan fingerprint density at radius 1 is 1.05 bits per heavy atom. The van der Waals surface area contributed by atoms with Crippen molar-refractivity contribution in [3.8, 4) is 6.07 Å². The number of hydrogen-bond acceptors (Lipinski definition) is 7.